The van der Waals surface area contributed by atoms with E-state index in [2.05, 4.69) is 30.4 Å². The SMILES string of the molecule is CNCC1(c2ccc3c(c2)OCCO3)CCCC1C. The largest absolute Gasteiger partial charge is 0.486 e. The molecule has 1 aliphatic heterocycles. The van der Waals surface area contributed by atoms with Crippen LogP contribution in [0.3, 0.4) is 0 Å². The number of nitrogens with one attached hydrogen (secondary N) is 1. The second-order valence-corrected chi connectivity index (χ2v) is 5.84. The minimum atomic E-state index is 0.255. The van der Waals surface area contributed by atoms with E-state index in [1.807, 2.05) is 7.05 Å². The van der Waals surface area contributed by atoms with E-state index < -0.39 is 0 Å². The van der Waals surface area contributed by atoms with E-state index in [0.29, 0.717) is 19.1 Å². The monoisotopic (exact) mass is 261 g/mol. The standard InChI is InChI=1S/C16H23NO2/c1-12-4-3-7-16(12,11-17-2)13-5-6-14-15(10-13)19-9-8-18-14/h5-6,10,12,17H,3-4,7-9,11H2,1-2H3. The molecule has 1 aliphatic carbocycles. The number of likely N-dealkylation sites (N-methyl/N-ethyl adjacent to an activating group) is 1. The lowest BCUT2D eigenvalue weighted by atomic mass is 9.72. The van der Waals surface area contributed by atoms with Gasteiger partial charge < -0.3 is 14.8 Å². The van der Waals surface area contributed by atoms with Crippen LogP contribution in [0.15, 0.2) is 18.2 Å². The van der Waals surface area contributed by atoms with Gasteiger partial charge in [-0.1, -0.05) is 19.4 Å². The van der Waals surface area contributed by atoms with Crippen molar-refractivity contribution in [3.8, 4) is 11.5 Å². The summed E-state index contributed by atoms with van der Waals surface area (Å²) >= 11 is 0. The van der Waals surface area contributed by atoms with Crippen molar-refractivity contribution < 1.29 is 9.47 Å². The normalized spacial score (nSPS) is 29.5. The molecule has 19 heavy (non-hydrogen) atoms. The lowest BCUT2D eigenvalue weighted by Gasteiger charge is -2.35. The maximum absolute atomic E-state index is 5.74. The molecule has 1 heterocycles. The van der Waals surface area contributed by atoms with Crippen LogP contribution in [-0.4, -0.2) is 26.8 Å². The highest BCUT2D eigenvalue weighted by molar-refractivity contribution is 5.46. The van der Waals surface area contributed by atoms with E-state index in [0.717, 1.165) is 18.0 Å². The second kappa shape index (κ2) is 5.04. The molecule has 3 rings (SSSR count). The number of benzene rings is 1. The van der Waals surface area contributed by atoms with Gasteiger partial charge in [0.25, 0.3) is 0 Å². The number of hydrogen-bond donors (Lipinski definition) is 1. The van der Waals surface area contributed by atoms with Crippen molar-refractivity contribution in [2.75, 3.05) is 26.8 Å². The molecule has 1 aromatic rings. The fourth-order valence-corrected chi connectivity index (χ4v) is 3.71. The Hall–Kier alpha value is -1.22. The summed E-state index contributed by atoms with van der Waals surface area (Å²) in [5, 5.41) is 3.39. The number of fused-ring (bicyclic) bond motifs is 1. The molecule has 0 spiro atoms. The molecule has 104 valence electrons. The number of rotatable bonds is 3. The zero-order valence-electron chi connectivity index (χ0n) is 11.9. The molecule has 3 heteroatoms. The lowest BCUT2D eigenvalue weighted by molar-refractivity contribution is 0.170. The smallest absolute Gasteiger partial charge is 0.161 e. The van der Waals surface area contributed by atoms with Gasteiger partial charge >= 0.3 is 0 Å². The van der Waals surface area contributed by atoms with Gasteiger partial charge in [0.05, 0.1) is 0 Å². The summed E-state index contributed by atoms with van der Waals surface area (Å²) in [5.41, 5.74) is 1.65. The predicted octanol–water partition coefficient (Wildman–Crippen LogP) is 2.74. The molecule has 3 nitrogen and oxygen atoms in total. The number of ether oxygens (including phenoxy) is 2. The van der Waals surface area contributed by atoms with Crippen LogP contribution in [0.2, 0.25) is 0 Å². The van der Waals surface area contributed by atoms with Crippen molar-refractivity contribution in [3.05, 3.63) is 23.8 Å². The Morgan fingerprint density at radius 1 is 1.26 bits per heavy atom. The summed E-state index contributed by atoms with van der Waals surface area (Å²) in [6, 6.07) is 6.51. The van der Waals surface area contributed by atoms with Gasteiger partial charge in [0.2, 0.25) is 0 Å². The van der Waals surface area contributed by atoms with Crippen LogP contribution >= 0.6 is 0 Å². The van der Waals surface area contributed by atoms with Crippen LogP contribution < -0.4 is 14.8 Å². The van der Waals surface area contributed by atoms with Gasteiger partial charge in [-0.05, 0) is 43.5 Å². The van der Waals surface area contributed by atoms with Crippen LogP contribution in [0, 0.1) is 5.92 Å². The molecular weight excluding hydrogens is 238 g/mol. The quantitative estimate of drug-likeness (QED) is 0.907. The first-order valence-corrected chi connectivity index (χ1v) is 7.31. The van der Waals surface area contributed by atoms with Crippen LogP contribution in [0.25, 0.3) is 0 Å². The van der Waals surface area contributed by atoms with E-state index in [1.54, 1.807) is 0 Å². The van der Waals surface area contributed by atoms with Crippen molar-refractivity contribution in [1.82, 2.24) is 5.32 Å². The minimum absolute atomic E-state index is 0.255. The first kappa shape index (κ1) is 12.8. The topological polar surface area (TPSA) is 30.5 Å². The fraction of sp³-hybridized carbons (Fsp3) is 0.625. The van der Waals surface area contributed by atoms with Gasteiger partial charge in [-0.3, -0.25) is 0 Å². The van der Waals surface area contributed by atoms with Crippen LogP contribution in [0.4, 0.5) is 0 Å². The summed E-state index contributed by atoms with van der Waals surface area (Å²) in [4.78, 5) is 0. The summed E-state index contributed by atoms with van der Waals surface area (Å²) in [5.74, 6) is 2.51. The van der Waals surface area contributed by atoms with Crippen molar-refractivity contribution in [2.24, 2.45) is 5.92 Å². The van der Waals surface area contributed by atoms with Crippen LogP contribution in [0.5, 0.6) is 11.5 Å². The molecule has 1 aromatic carbocycles. The molecule has 2 aliphatic rings. The third-order valence-corrected chi connectivity index (χ3v) is 4.81. The van der Waals surface area contributed by atoms with Gasteiger partial charge in [-0.15, -0.1) is 0 Å². The van der Waals surface area contributed by atoms with Crippen molar-refractivity contribution in [3.63, 3.8) is 0 Å². The average Bonchev–Trinajstić information content (AvgIpc) is 2.81. The van der Waals surface area contributed by atoms with E-state index >= 15 is 0 Å². The van der Waals surface area contributed by atoms with Gasteiger partial charge in [-0.2, -0.15) is 0 Å². The molecule has 0 aromatic heterocycles. The zero-order valence-corrected chi connectivity index (χ0v) is 11.9. The molecule has 2 atom stereocenters. The third kappa shape index (κ3) is 2.10. The molecular formula is C16H23NO2. The molecule has 0 saturated heterocycles. The Bertz CT molecular complexity index is 460. The van der Waals surface area contributed by atoms with Crippen molar-refractivity contribution >= 4 is 0 Å². The average molecular weight is 261 g/mol. The Morgan fingerprint density at radius 3 is 2.74 bits per heavy atom. The molecule has 0 radical (unpaired) electrons. The Labute approximate surface area is 115 Å². The van der Waals surface area contributed by atoms with Gasteiger partial charge in [0, 0.05) is 12.0 Å². The van der Waals surface area contributed by atoms with Gasteiger partial charge in [-0.25, -0.2) is 0 Å². The van der Waals surface area contributed by atoms with E-state index in [9.17, 15) is 0 Å². The van der Waals surface area contributed by atoms with Crippen molar-refractivity contribution in [1.29, 1.82) is 0 Å². The Balaban J connectivity index is 1.99. The summed E-state index contributed by atoms with van der Waals surface area (Å²) < 4.78 is 11.4. The first-order valence-electron chi connectivity index (χ1n) is 7.31. The number of hydrogen-bond acceptors (Lipinski definition) is 3. The van der Waals surface area contributed by atoms with E-state index in [-0.39, 0.29) is 5.41 Å². The summed E-state index contributed by atoms with van der Waals surface area (Å²) in [7, 11) is 2.05. The maximum atomic E-state index is 5.74. The molecule has 0 bridgehead atoms. The summed E-state index contributed by atoms with van der Waals surface area (Å²) in [6.45, 7) is 4.73. The minimum Gasteiger partial charge on any atom is -0.486 e. The Morgan fingerprint density at radius 2 is 2.05 bits per heavy atom. The van der Waals surface area contributed by atoms with Crippen LogP contribution in [0.1, 0.15) is 31.7 Å². The highest BCUT2D eigenvalue weighted by Gasteiger charge is 2.41. The zero-order chi connectivity index (χ0) is 13.3. The molecule has 0 amide bonds. The fourth-order valence-electron chi connectivity index (χ4n) is 3.71. The third-order valence-electron chi connectivity index (χ3n) is 4.81. The van der Waals surface area contributed by atoms with Crippen LogP contribution in [-0.2, 0) is 5.41 Å². The van der Waals surface area contributed by atoms with Gasteiger partial charge in [0.1, 0.15) is 13.2 Å². The highest BCUT2D eigenvalue weighted by Crippen LogP contribution is 2.47. The predicted molar refractivity (Wildman–Crippen MR) is 76.1 cm³/mol. The highest BCUT2D eigenvalue weighted by atomic mass is 16.6. The lowest BCUT2D eigenvalue weighted by Crippen LogP contribution is -2.39. The molecule has 1 saturated carbocycles. The molecule has 1 N–H and O–H groups in total. The Kier molecular flexibility index (Phi) is 3.40. The first-order chi connectivity index (χ1) is 9.26. The summed E-state index contributed by atoms with van der Waals surface area (Å²) in [6.07, 6.45) is 3.89. The molecule has 1 fully saturated rings. The van der Waals surface area contributed by atoms with Gasteiger partial charge in [0.15, 0.2) is 11.5 Å². The maximum Gasteiger partial charge on any atom is 0.161 e. The molecule has 2 unspecified atom stereocenters. The van der Waals surface area contributed by atoms with E-state index in [1.165, 1.54) is 24.8 Å². The van der Waals surface area contributed by atoms with E-state index in [4.69, 9.17) is 9.47 Å². The second-order valence-electron chi connectivity index (χ2n) is 5.84. The van der Waals surface area contributed by atoms with Crippen molar-refractivity contribution in [2.45, 2.75) is 31.6 Å².